The van der Waals surface area contributed by atoms with Gasteiger partial charge in [-0.25, -0.2) is 8.42 Å². The van der Waals surface area contributed by atoms with Crippen molar-refractivity contribution in [3.8, 4) is 0 Å². The van der Waals surface area contributed by atoms with Crippen LogP contribution in [0.15, 0.2) is 30.3 Å². The van der Waals surface area contributed by atoms with Crippen molar-refractivity contribution in [3.63, 3.8) is 0 Å². The topological polar surface area (TPSA) is 57.7 Å². The number of hydrogen-bond acceptors (Lipinski definition) is 4. The largest absolute Gasteiger partial charge is 0.370 e. The predicted octanol–water partition coefficient (Wildman–Crippen LogP) is 1.68. The van der Waals surface area contributed by atoms with Crippen molar-refractivity contribution in [1.82, 2.24) is 4.90 Å². The Balaban J connectivity index is 2.00. The van der Waals surface area contributed by atoms with Crippen LogP contribution >= 0.6 is 10.7 Å². The maximum absolute atomic E-state index is 11.9. The van der Waals surface area contributed by atoms with E-state index in [-0.39, 0.29) is 24.9 Å². The van der Waals surface area contributed by atoms with Gasteiger partial charge in [0, 0.05) is 49.0 Å². The van der Waals surface area contributed by atoms with E-state index in [2.05, 4.69) is 4.90 Å². The van der Waals surface area contributed by atoms with Crippen LogP contribution in [0.3, 0.4) is 0 Å². The van der Waals surface area contributed by atoms with E-state index in [4.69, 9.17) is 10.7 Å². The third-order valence-electron chi connectivity index (χ3n) is 3.89. The first-order valence-corrected chi connectivity index (χ1v) is 9.15. The fourth-order valence-electron chi connectivity index (χ4n) is 2.46. The molecule has 7 heteroatoms. The van der Waals surface area contributed by atoms with Gasteiger partial charge in [0.15, 0.2) is 0 Å². The van der Waals surface area contributed by atoms with Crippen LogP contribution in [0.1, 0.15) is 13.3 Å². The maximum Gasteiger partial charge on any atom is 0.237 e. The smallest absolute Gasteiger partial charge is 0.237 e. The minimum Gasteiger partial charge on any atom is -0.370 e. The SMILES string of the molecule is CC(CN1CC(S(=O)(=O)Cl)CC1=O)N(C)c1ccccc1. The Bertz CT molecular complexity index is 606. The quantitative estimate of drug-likeness (QED) is 0.771. The predicted molar refractivity (Wildman–Crippen MR) is 84.1 cm³/mol. The molecule has 2 rings (SSSR count). The molecule has 2 unspecified atom stereocenters. The third kappa shape index (κ3) is 3.89. The number of likely N-dealkylation sites (N-methyl/N-ethyl adjacent to an activating group) is 1. The van der Waals surface area contributed by atoms with Crippen molar-refractivity contribution in [2.24, 2.45) is 0 Å². The number of rotatable bonds is 5. The lowest BCUT2D eigenvalue weighted by Gasteiger charge is -2.30. The van der Waals surface area contributed by atoms with Gasteiger partial charge in [-0.3, -0.25) is 4.79 Å². The lowest BCUT2D eigenvalue weighted by molar-refractivity contribution is -0.127. The summed E-state index contributed by atoms with van der Waals surface area (Å²) >= 11 is 0. The molecule has 1 aromatic carbocycles. The van der Waals surface area contributed by atoms with E-state index in [1.54, 1.807) is 4.90 Å². The molecule has 1 heterocycles. The van der Waals surface area contributed by atoms with E-state index >= 15 is 0 Å². The van der Waals surface area contributed by atoms with Gasteiger partial charge in [-0.2, -0.15) is 0 Å². The van der Waals surface area contributed by atoms with Gasteiger partial charge in [0.05, 0.1) is 0 Å². The van der Waals surface area contributed by atoms with Crippen molar-refractivity contribution in [1.29, 1.82) is 0 Å². The zero-order chi connectivity index (χ0) is 15.6. The number of halogens is 1. The van der Waals surface area contributed by atoms with E-state index in [0.29, 0.717) is 6.54 Å². The summed E-state index contributed by atoms with van der Waals surface area (Å²) in [5, 5.41) is -0.791. The highest BCUT2D eigenvalue weighted by Crippen LogP contribution is 2.22. The minimum atomic E-state index is -3.68. The van der Waals surface area contributed by atoms with Crippen molar-refractivity contribution >= 4 is 31.3 Å². The standard InChI is InChI=1S/C14H19ClN2O3S/c1-11(16(2)12-6-4-3-5-7-12)9-17-10-13(8-14(17)18)21(15,19)20/h3-7,11,13H,8-10H2,1-2H3. The number of nitrogens with zero attached hydrogens (tertiary/aromatic N) is 2. The highest BCUT2D eigenvalue weighted by Gasteiger charge is 2.37. The zero-order valence-electron chi connectivity index (χ0n) is 12.1. The Morgan fingerprint density at radius 2 is 2.00 bits per heavy atom. The molecule has 0 aliphatic carbocycles. The van der Waals surface area contributed by atoms with Crippen LogP contribution in [0.2, 0.25) is 0 Å². The number of likely N-dealkylation sites (tertiary alicyclic amines) is 1. The summed E-state index contributed by atoms with van der Waals surface area (Å²) in [6.07, 6.45) is -0.0202. The summed E-state index contributed by atoms with van der Waals surface area (Å²) in [6, 6.07) is 9.92. The molecule has 0 bridgehead atoms. The average molecular weight is 331 g/mol. The van der Waals surface area contributed by atoms with Crippen molar-refractivity contribution in [3.05, 3.63) is 30.3 Å². The van der Waals surface area contributed by atoms with E-state index in [1.807, 2.05) is 44.3 Å². The molecule has 2 atom stereocenters. The molecular weight excluding hydrogens is 312 g/mol. The Hall–Kier alpha value is -1.27. The molecule has 1 aliphatic rings. The third-order valence-corrected chi connectivity index (χ3v) is 5.75. The highest BCUT2D eigenvalue weighted by atomic mass is 35.7. The van der Waals surface area contributed by atoms with Crippen LogP contribution in [0.4, 0.5) is 5.69 Å². The molecule has 116 valence electrons. The molecule has 0 spiro atoms. The lowest BCUT2D eigenvalue weighted by atomic mass is 10.2. The summed E-state index contributed by atoms with van der Waals surface area (Å²) in [5.41, 5.74) is 1.05. The molecule has 0 N–H and O–H groups in total. The Morgan fingerprint density at radius 1 is 1.38 bits per heavy atom. The number of amides is 1. The molecule has 1 aromatic rings. The Kier molecular flexibility index (Phi) is 4.78. The molecule has 0 saturated carbocycles. The summed E-state index contributed by atoms with van der Waals surface area (Å²) in [7, 11) is 3.62. The molecule has 5 nitrogen and oxygen atoms in total. The second-order valence-corrected chi connectivity index (χ2v) is 8.30. The van der Waals surface area contributed by atoms with Crippen LogP contribution in [0, 0.1) is 0 Å². The molecule has 0 radical (unpaired) electrons. The van der Waals surface area contributed by atoms with Crippen LogP contribution in [0.5, 0.6) is 0 Å². The molecule has 1 saturated heterocycles. The van der Waals surface area contributed by atoms with E-state index in [1.165, 1.54) is 0 Å². The monoisotopic (exact) mass is 330 g/mol. The van der Waals surface area contributed by atoms with E-state index < -0.39 is 14.3 Å². The fourth-order valence-corrected chi connectivity index (χ4v) is 3.52. The van der Waals surface area contributed by atoms with Gasteiger partial charge in [-0.1, -0.05) is 18.2 Å². The lowest BCUT2D eigenvalue weighted by Crippen LogP contribution is -2.41. The molecule has 0 aromatic heterocycles. The van der Waals surface area contributed by atoms with Gasteiger partial charge in [0.1, 0.15) is 5.25 Å². The molecule has 21 heavy (non-hydrogen) atoms. The van der Waals surface area contributed by atoms with Crippen LogP contribution in [-0.2, 0) is 13.8 Å². The number of para-hydroxylation sites is 1. The van der Waals surface area contributed by atoms with Crippen molar-refractivity contribution < 1.29 is 13.2 Å². The number of benzene rings is 1. The zero-order valence-corrected chi connectivity index (χ0v) is 13.6. The highest BCUT2D eigenvalue weighted by molar-refractivity contribution is 8.14. The number of hydrogen-bond donors (Lipinski definition) is 0. The number of carbonyl (C=O) groups excluding carboxylic acids is 1. The minimum absolute atomic E-state index is 0.0202. The Morgan fingerprint density at radius 3 is 2.52 bits per heavy atom. The van der Waals surface area contributed by atoms with Crippen molar-refractivity contribution in [2.75, 3.05) is 25.0 Å². The number of carbonyl (C=O) groups is 1. The van der Waals surface area contributed by atoms with Gasteiger partial charge < -0.3 is 9.80 Å². The van der Waals surface area contributed by atoms with Crippen LogP contribution in [-0.4, -0.2) is 50.7 Å². The first-order chi connectivity index (χ1) is 9.79. The van der Waals surface area contributed by atoms with Gasteiger partial charge in [-0.15, -0.1) is 0 Å². The number of anilines is 1. The summed E-state index contributed by atoms with van der Waals surface area (Å²) in [5.74, 6) is -0.155. The second-order valence-electron chi connectivity index (χ2n) is 5.40. The normalized spacial score (nSPS) is 20.6. The van der Waals surface area contributed by atoms with Gasteiger partial charge in [0.2, 0.25) is 15.0 Å². The van der Waals surface area contributed by atoms with Gasteiger partial charge in [-0.05, 0) is 19.1 Å². The van der Waals surface area contributed by atoms with Crippen molar-refractivity contribution in [2.45, 2.75) is 24.6 Å². The molecular formula is C14H19ClN2O3S. The van der Waals surface area contributed by atoms with Gasteiger partial charge in [0.25, 0.3) is 0 Å². The summed E-state index contributed by atoms with van der Waals surface area (Å²) in [4.78, 5) is 15.6. The van der Waals surface area contributed by atoms with Crippen LogP contribution in [0.25, 0.3) is 0 Å². The van der Waals surface area contributed by atoms with Gasteiger partial charge >= 0.3 is 0 Å². The first kappa shape index (κ1) is 16.1. The molecule has 1 fully saturated rings. The first-order valence-electron chi connectivity index (χ1n) is 6.78. The van der Waals surface area contributed by atoms with Crippen LogP contribution < -0.4 is 4.90 Å². The molecule has 1 aliphatic heterocycles. The molecule has 1 amide bonds. The second kappa shape index (κ2) is 6.23. The maximum atomic E-state index is 11.9. The summed E-state index contributed by atoms with van der Waals surface area (Å²) in [6.45, 7) is 2.66. The average Bonchev–Trinajstić information content (AvgIpc) is 2.80. The van der Waals surface area contributed by atoms with E-state index in [9.17, 15) is 13.2 Å². The summed E-state index contributed by atoms with van der Waals surface area (Å²) < 4.78 is 22.7. The van der Waals surface area contributed by atoms with E-state index in [0.717, 1.165) is 5.69 Å². The Labute approximate surface area is 129 Å². The fraction of sp³-hybridized carbons (Fsp3) is 0.500.